The third-order valence-corrected chi connectivity index (χ3v) is 4.68. The third kappa shape index (κ3) is 1.93. The summed E-state index contributed by atoms with van der Waals surface area (Å²) in [6, 6.07) is -0.594. The Hall–Kier alpha value is -1.06. The molecule has 2 amide bonds. The molecule has 16 heavy (non-hydrogen) atoms. The van der Waals surface area contributed by atoms with Gasteiger partial charge < -0.3 is 5.73 Å². The molecule has 2 rings (SSSR count). The third-order valence-electron chi connectivity index (χ3n) is 4.68. The minimum Gasteiger partial charge on any atom is -0.350 e. The quantitative estimate of drug-likeness (QED) is 0.558. The largest absolute Gasteiger partial charge is 0.350 e. The number of hydrazone groups is 1. The molecule has 0 radical (unpaired) electrons. The molecular weight excluding hydrogens is 202 g/mol. The molecule has 2 aliphatic rings. The van der Waals surface area contributed by atoms with Gasteiger partial charge in [-0.25, -0.2) is 10.2 Å². The van der Waals surface area contributed by atoms with E-state index in [4.69, 9.17) is 5.73 Å². The molecule has 0 aliphatic heterocycles. The first-order valence-corrected chi connectivity index (χ1v) is 6.08. The molecule has 4 nitrogen and oxygen atoms in total. The molecule has 2 saturated carbocycles. The summed E-state index contributed by atoms with van der Waals surface area (Å²) in [6.07, 6.45) is 6.90. The zero-order chi connectivity index (χ0) is 11.8. The fourth-order valence-electron chi connectivity index (χ4n) is 3.74. The van der Waals surface area contributed by atoms with Crippen molar-refractivity contribution in [2.75, 3.05) is 0 Å². The molecule has 2 bridgehead atoms. The second-order valence-electron chi connectivity index (χ2n) is 5.72. The molecule has 0 unspecified atom stereocenters. The van der Waals surface area contributed by atoms with Gasteiger partial charge in [0.25, 0.3) is 0 Å². The Kier molecular flexibility index (Phi) is 2.91. The lowest BCUT2D eigenvalue weighted by Gasteiger charge is -2.37. The summed E-state index contributed by atoms with van der Waals surface area (Å²) in [4.78, 5) is 10.4. The van der Waals surface area contributed by atoms with Crippen molar-refractivity contribution >= 4 is 12.2 Å². The number of hydrogen-bond donors (Lipinski definition) is 2. The van der Waals surface area contributed by atoms with E-state index >= 15 is 0 Å². The Morgan fingerprint density at radius 2 is 2.31 bits per heavy atom. The van der Waals surface area contributed by atoms with Gasteiger partial charge >= 0.3 is 6.03 Å². The summed E-state index contributed by atoms with van der Waals surface area (Å²) in [7, 11) is 0. The normalized spacial score (nSPS) is 35.8. The molecule has 2 fully saturated rings. The number of nitrogens with one attached hydrogen (secondary N) is 1. The van der Waals surface area contributed by atoms with E-state index < -0.39 is 6.03 Å². The van der Waals surface area contributed by atoms with Gasteiger partial charge in [0.2, 0.25) is 0 Å². The molecular formula is C12H21N3O. The lowest BCUT2D eigenvalue weighted by Crippen LogP contribution is -2.31. The summed E-state index contributed by atoms with van der Waals surface area (Å²) in [5, 5.41) is 3.83. The van der Waals surface area contributed by atoms with Crippen LogP contribution in [0, 0.1) is 23.2 Å². The van der Waals surface area contributed by atoms with Crippen LogP contribution in [0.2, 0.25) is 0 Å². The number of primary amides is 1. The van der Waals surface area contributed by atoms with Gasteiger partial charge in [0.15, 0.2) is 0 Å². The van der Waals surface area contributed by atoms with E-state index in [2.05, 4.69) is 24.4 Å². The fraction of sp³-hybridized carbons (Fsp3) is 0.833. The molecule has 3 N–H and O–H groups in total. The van der Waals surface area contributed by atoms with Crippen molar-refractivity contribution in [3.63, 3.8) is 0 Å². The molecule has 0 aromatic heterocycles. The van der Waals surface area contributed by atoms with E-state index in [1.54, 1.807) is 6.21 Å². The van der Waals surface area contributed by atoms with Gasteiger partial charge in [-0.1, -0.05) is 13.8 Å². The number of urea groups is 1. The Balaban J connectivity index is 1.90. The Morgan fingerprint density at radius 3 is 2.88 bits per heavy atom. The molecule has 0 aromatic rings. The van der Waals surface area contributed by atoms with Gasteiger partial charge in [0, 0.05) is 6.21 Å². The van der Waals surface area contributed by atoms with Gasteiger partial charge in [-0.05, 0) is 48.9 Å². The standard InChI is InChI=1S/C12H21N3O/c1-12(2)9-4-3-8(7-9)10(12)5-6-14-15-11(13)16/h6,8-10H,3-5,7H2,1-2H3,(H3,13,15,16)/b14-6-/t8-,9+,10-/m1/s1. The van der Waals surface area contributed by atoms with Crippen LogP contribution in [0.4, 0.5) is 4.79 Å². The number of fused-ring (bicyclic) bond motifs is 2. The van der Waals surface area contributed by atoms with Crippen LogP contribution in [0.15, 0.2) is 5.10 Å². The molecule has 0 saturated heterocycles. The highest BCUT2D eigenvalue weighted by Gasteiger charge is 2.51. The van der Waals surface area contributed by atoms with Crippen LogP contribution in [0.1, 0.15) is 39.5 Å². The highest BCUT2D eigenvalue weighted by molar-refractivity contribution is 5.72. The van der Waals surface area contributed by atoms with Crippen LogP contribution in [0.3, 0.4) is 0 Å². The van der Waals surface area contributed by atoms with Crippen LogP contribution in [-0.2, 0) is 0 Å². The summed E-state index contributed by atoms with van der Waals surface area (Å²) in [5.74, 6) is 2.46. The molecule has 4 heteroatoms. The SMILES string of the molecule is CC1(C)[C@H]2CC[C@H](C2)[C@H]1C/C=N\NC(N)=O. The maximum absolute atomic E-state index is 10.4. The molecule has 0 heterocycles. The van der Waals surface area contributed by atoms with Crippen molar-refractivity contribution in [2.45, 2.75) is 39.5 Å². The van der Waals surface area contributed by atoms with Crippen LogP contribution in [-0.4, -0.2) is 12.2 Å². The van der Waals surface area contributed by atoms with Crippen LogP contribution < -0.4 is 11.2 Å². The van der Waals surface area contributed by atoms with E-state index in [-0.39, 0.29) is 0 Å². The fourth-order valence-corrected chi connectivity index (χ4v) is 3.74. The monoisotopic (exact) mass is 223 g/mol. The predicted octanol–water partition coefficient (Wildman–Crippen LogP) is 2.10. The highest BCUT2D eigenvalue weighted by Crippen LogP contribution is 2.60. The molecule has 90 valence electrons. The van der Waals surface area contributed by atoms with E-state index in [1.807, 2.05) is 0 Å². The first kappa shape index (κ1) is 11.4. The zero-order valence-corrected chi connectivity index (χ0v) is 10.1. The highest BCUT2D eigenvalue weighted by atomic mass is 16.2. The maximum atomic E-state index is 10.4. The van der Waals surface area contributed by atoms with Crippen molar-refractivity contribution in [3.05, 3.63) is 0 Å². The minimum atomic E-state index is -0.594. The summed E-state index contributed by atoms with van der Waals surface area (Å²) >= 11 is 0. The zero-order valence-electron chi connectivity index (χ0n) is 10.1. The second kappa shape index (κ2) is 4.07. The first-order valence-electron chi connectivity index (χ1n) is 6.08. The topological polar surface area (TPSA) is 67.5 Å². The van der Waals surface area contributed by atoms with Crippen molar-refractivity contribution in [1.82, 2.24) is 5.43 Å². The van der Waals surface area contributed by atoms with Gasteiger partial charge in [-0.2, -0.15) is 5.10 Å². The maximum Gasteiger partial charge on any atom is 0.332 e. The van der Waals surface area contributed by atoms with E-state index in [9.17, 15) is 4.79 Å². The summed E-state index contributed by atoms with van der Waals surface area (Å²) in [6.45, 7) is 4.74. The average Bonchev–Trinajstić information content (AvgIpc) is 2.72. The average molecular weight is 223 g/mol. The van der Waals surface area contributed by atoms with Crippen LogP contribution in [0.5, 0.6) is 0 Å². The number of hydrogen-bond acceptors (Lipinski definition) is 2. The second-order valence-corrected chi connectivity index (χ2v) is 5.72. The van der Waals surface area contributed by atoms with Gasteiger partial charge in [-0.3, -0.25) is 0 Å². The first-order chi connectivity index (χ1) is 7.51. The van der Waals surface area contributed by atoms with Crippen molar-refractivity contribution in [3.8, 4) is 0 Å². The van der Waals surface area contributed by atoms with Gasteiger partial charge in [0.1, 0.15) is 0 Å². The van der Waals surface area contributed by atoms with Gasteiger partial charge in [0.05, 0.1) is 0 Å². The summed E-state index contributed by atoms with van der Waals surface area (Å²) in [5.41, 5.74) is 7.62. The summed E-state index contributed by atoms with van der Waals surface area (Å²) < 4.78 is 0. The Labute approximate surface area is 96.7 Å². The Bertz CT molecular complexity index is 311. The lowest BCUT2D eigenvalue weighted by atomic mass is 9.68. The number of amides is 2. The van der Waals surface area contributed by atoms with Crippen molar-refractivity contribution in [1.29, 1.82) is 0 Å². The van der Waals surface area contributed by atoms with Gasteiger partial charge in [-0.15, -0.1) is 0 Å². The van der Waals surface area contributed by atoms with Crippen molar-refractivity contribution in [2.24, 2.45) is 34.0 Å². The Morgan fingerprint density at radius 1 is 1.56 bits per heavy atom. The van der Waals surface area contributed by atoms with E-state index in [0.717, 1.165) is 18.3 Å². The van der Waals surface area contributed by atoms with Crippen molar-refractivity contribution < 1.29 is 4.79 Å². The number of nitrogens with zero attached hydrogens (tertiary/aromatic N) is 1. The number of carbonyl (C=O) groups is 1. The molecule has 3 atom stereocenters. The number of carbonyl (C=O) groups excluding carboxylic acids is 1. The van der Waals surface area contributed by atoms with E-state index in [0.29, 0.717) is 11.3 Å². The van der Waals surface area contributed by atoms with Crippen LogP contribution in [0.25, 0.3) is 0 Å². The molecule has 0 aromatic carbocycles. The van der Waals surface area contributed by atoms with Crippen LogP contribution >= 0.6 is 0 Å². The smallest absolute Gasteiger partial charge is 0.332 e. The molecule has 2 aliphatic carbocycles. The van der Waals surface area contributed by atoms with E-state index in [1.165, 1.54) is 19.3 Å². The molecule has 0 spiro atoms. The predicted molar refractivity (Wildman–Crippen MR) is 63.9 cm³/mol. The lowest BCUT2D eigenvalue weighted by molar-refractivity contribution is 0.129. The number of rotatable bonds is 3. The number of nitrogens with two attached hydrogens (primary N) is 1. The minimum absolute atomic E-state index is 0.432.